The van der Waals surface area contributed by atoms with E-state index in [0.717, 1.165) is 23.4 Å². The quantitative estimate of drug-likeness (QED) is 0.488. The van der Waals surface area contributed by atoms with Crippen molar-refractivity contribution in [1.82, 2.24) is 0 Å². The summed E-state index contributed by atoms with van der Waals surface area (Å²) in [6, 6.07) is 9.77. The molecular weight excluding hydrogens is 174 g/mol. The van der Waals surface area contributed by atoms with Gasteiger partial charge in [-0.1, -0.05) is 23.8 Å². The summed E-state index contributed by atoms with van der Waals surface area (Å²) in [7, 11) is 0. The van der Waals surface area contributed by atoms with E-state index in [2.05, 4.69) is 0 Å². The van der Waals surface area contributed by atoms with Gasteiger partial charge in [-0.2, -0.15) is 0 Å². The topological polar surface area (TPSA) is 20.3 Å². The molecule has 1 fully saturated rings. The Balaban J connectivity index is 2.21. The summed E-state index contributed by atoms with van der Waals surface area (Å²) in [5.74, 6) is 0.149. The van der Waals surface area contributed by atoms with Crippen molar-refractivity contribution in [3.05, 3.63) is 41.5 Å². The van der Waals surface area contributed by atoms with E-state index < -0.39 is 0 Å². The van der Waals surface area contributed by atoms with E-state index in [1.165, 1.54) is 0 Å². The fraction of sp³-hybridized carbons (Fsp3) is 0.250. The van der Waals surface area contributed by atoms with E-state index >= 15 is 0 Å². The molecule has 1 aliphatic rings. The van der Waals surface area contributed by atoms with Gasteiger partial charge in [0.05, 0.1) is 6.54 Å². The highest BCUT2D eigenvalue weighted by Crippen LogP contribution is 2.26. The van der Waals surface area contributed by atoms with Crippen molar-refractivity contribution in [3.8, 4) is 0 Å². The fourth-order valence-corrected chi connectivity index (χ4v) is 1.56. The van der Waals surface area contributed by atoms with E-state index in [0.29, 0.717) is 0 Å². The zero-order chi connectivity index (χ0) is 10.1. The molecule has 14 heavy (non-hydrogen) atoms. The normalized spacial score (nSPS) is 15.4. The molecule has 1 aromatic rings. The van der Waals surface area contributed by atoms with Crippen LogP contribution < -0.4 is 4.90 Å². The Morgan fingerprint density at radius 2 is 1.86 bits per heavy atom. The van der Waals surface area contributed by atoms with E-state index in [1.807, 2.05) is 44.2 Å². The van der Waals surface area contributed by atoms with Crippen molar-refractivity contribution in [2.75, 3.05) is 11.4 Å². The third-order valence-corrected chi connectivity index (χ3v) is 2.49. The molecule has 0 saturated carbocycles. The van der Waals surface area contributed by atoms with Crippen molar-refractivity contribution in [3.63, 3.8) is 0 Å². The fourth-order valence-electron chi connectivity index (χ4n) is 1.56. The minimum Gasteiger partial charge on any atom is -0.304 e. The van der Waals surface area contributed by atoms with Crippen LogP contribution in [0.2, 0.25) is 0 Å². The molecule has 1 heterocycles. The molecule has 0 aromatic heterocycles. The number of para-hydroxylation sites is 1. The first kappa shape index (κ1) is 9.00. The predicted octanol–water partition coefficient (Wildman–Crippen LogP) is 2.37. The van der Waals surface area contributed by atoms with Gasteiger partial charge >= 0.3 is 0 Å². The standard InChI is InChI=1S/C12H13NO/c1-9(2)11-8-13(12(11)14)10-6-4-3-5-7-10/h3-7H,8H2,1-2H3. The lowest BCUT2D eigenvalue weighted by Crippen LogP contribution is -2.46. The van der Waals surface area contributed by atoms with E-state index in [1.54, 1.807) is 4.90 Å². The molecule has 0 unspecified atom stereocenters. The van der Waals surface area contributed by atoms with Gasteiger partial charge in [0.1, 0.15) is 0 Å². The molecule has 2 rings (SSSR count). The predicted molar refractivity (Wildman–Crippen MR) is 57.2 cm³/mol. The molecule has 1 aliphatic heterocycles. The number of β-lactam (4-membered cyclic amide) rings is 1. The van der Waals surface area contributed by atoms with Crippen molar-refractivity contribution < 1.29 is 4.79 Å². The van der Waals surface area contributed by atoms with Crippen LogP contribution in [0.3, 0.4) is 0 Å². The summed E-state index contributed by atoms with van der Waals surface area (Å²) in [5.41, 5.74) is 3.07. The Morgan fingerprint density at radius 1 is 1.21 bits per heavy atom. The van der Waals surface area contributed by atoms with Crippen LogP contribution in [-0.2, 0) is 4.79 Å². The smallest absolute Gasteiger partial charge is 0.256 e. The molecule has 1 saturated heterocycles. The Kier molecular flexibility index (Phi) is 2.12. The zero-order valence-electron chi connectivity index (χ0n) is 8.45. The third kappa shape index (κ3) is 1.33. The van der Waals surface area contributed by atoms with Gasteiger partial charge in [-0.3, -0.25) is 4.79 Å². The lowest BCUT2D eigenvalue weighted by Gasteiger charge is -2.34. The second kappa shape index (κ2) is 3.29. The molecule has 1 amide bonds. The number of anilines is 1. The number of allylic oxidation sites excluding steroid dienone is 1. The number of nitrogens with zero attached hydrogens (tertiary/aromatic N) is 1. The molecule has 2 nitrogen and oxygen atoms in total. The lowest BCUT2D eigenvalue weighted by atomic mass is 10.0. The third-order valence-electron chi connectivity index (χ3n) is 2.49. The summed E-state index contributed by atoms with van der Waals surface area (Å²) in [6.45, 7) is 4.72. The van der Waals surface area contributed by atoms with Gasteiger partial charge in [0.2, 0.25) is 0 Å². The molecule has 2 heteroatoms. The molecular formula is C12H13NO. The first-order valence-electron chi connectivity index (χ1n) is 4.73. The van der Waals surface area contributed by atoms with Gasteiger partial charge < -0.3 is 4.90 Å². The number of amides is 1. The molecule has 72 valence electrons. The molecule has 1 aromatic carbocycles. The van der Waals surface area contributed by atoms with Gasteiger partial charge in [0.25, 0.3) is 5.91 Å². The molecule has 0 radical (unpaired) electrons. The minimum absolute atomic E-state index is 0.149. The Hall–Kier alpha value is -1.57. The van der Waals surface area contributed by atoms with Crippen LogP contribution in [0.1, 0.15) is 13.8 Å². The number of hydrogen-bond acceptors (Lipinski definition) is 1. The van der Waals surface area contributed by atoms with Crippen molar-refractivity contribution >= 4 is 11.6 Å². The van der Waals surface area contributed by atoms with Gasteiger partial charge in [0, 0.05) is 11.3 Å². The van der Waals surface area contributed by atoms with Crippen molar-refractivity contribution in [2.45, 2.75) is 13.8 Å². The van der Waals surface area contributed by atoms with E-state index in [-0.39, 0.29) is 5.91 Å². The first-order valence-corrected chi connectivity index (χ1v) is 4.73. The highest BCUT2D eigenvalue weighted by molar-refractivity contribution is 6.13. The molecule has 0 bridgehead atoms. The Labute approximate surface area is 83.8 Å². The second-order valence-corrected chi connectivity index (χ2v) is 3.71. The number of carbonyl (C=O) groups is 1. The average molecular weight is 187 g/mol. The van der Waals surface area contributed by atoms with Gasteiger partial charge in [-0.15, -0.1) is 0 Å². The van der Waals surface area contributed by atoms with Gasteiger partial charge in [0.15, 0.2) is 0 Å². The maximum absolute atomic E-state index is 11.7. The largest absolute Gasteiger partial charge is 0.304 e. The monoisotopic (exact) mass is 187 g/mol. The van der Waals surface area contributed by atoms with Gasteiger partial charge in [-0.25, -0.2) is 0 Å². The summed E-state index contributed by atoms with van der Waals surface area (Å²) in [4.78, 5) is 13.5. The number of hydrogen-bond donors (Lipinski definition) is 0. The number of rotatable bonds is 1. The maximum atomic E-state index is 11.7. The summed E-state index contributed by atoms with van der Waals surface area (Å²) in [6.07, 6.45) is 0. The van der Waals surface area contributed by atoms with E-state index in [9.17, 15) is 4.79 Å². The van der Waals surface area contributed by atoms with Crippen molar-refractivity contribution in [2.24, 2.45) is 0 Å². The van der Waals surface area contributed by atoms with Crippen LogP contribution in [0.25, 0.3) is 0 Å². The zero-order valence-corrected chi connectivity index (χ0v) is 8.45. The van der Waals surface area contributed by atoms with Crippen LogP contribution in [0, 0.1) is 0 Å². The van der Waals surface area contributed by atoms with E-state index in [4.69, 9.17) is 0 Å². The Bertz CT molecular complexity index is 388. The van der Waals surface area contributed by atoms with Crippen LogP contribution in [0.4, 0.5) is 5.69 Å². The highest BCUT2D eigenvalue weighted by Gasteiger charge is 2.31. The molecule has 0 N–H and O–H groups in total. The summed E-state index contributed by atoms with van der Waals surface area (Å²) >= 11 is 0. The molecule has 0 aliphatic carbocycles. The second-order valence-electron chi connectivity index (χ2n) is 3.71. The minimum atomic E-state index is 0.149. The molecule has 0 atom stereocenters. The number of carbonyl (C=O) groups excluding carboxylic acids is 1. The maximum Gasteiger partial charge on any atom is 0.256 e. The van der Waals surface area contributed by atoms with Crippen LogP contribution in [0.5, 0.6) is 0 Å². The average Bonchev–Trinajstić information content (AvgIpc) is 2.17. The SMILES string of the molecule is CC(C)=C1CN(c2ccccc2)C1=O. The molecule has 0 spiro atoms. The summed E-state index contributed by atoms with van der Waals surface area (Å²) in [5, 5.41) is 0. The van der Waals surface area contributed by atoms with Gasteiger partial charge in [-0.05, 0) is 26.0 Å². The Morgan fingerprint density at radius 3 is 2.36 bits per heavy atom. The van der Waals surface area contributed by atoms with Crippen LogP contribution in [0.15, 0.2) is 41.5 Å². The lowest BCUT2D eigenvalue weighted by molar-refractivity contribution is -0.117. The van der Waals surface area contributed by atoms with Crippen LogP contribution in [-0.4, -0.2) is 12.5 Å². The van der Waals surface area contributed by atoms with Crippen molar-refractivity contribution in [1.29, 1.82) is 0 Å². The van der Waals surface area contributed by atoms with Crippen LogP contribution >= 0.6 is 0 Å². The first-order chi connectivity index (χ1) is 6.70. The number of benzene rings is 1. The highest BCUT2D eigenvalue weighted by atomic mass is 16.2. The summed E-state index contributed by atoms with van der Waals surface area (Å²) < 4.78 is 0.